The summed E-state index contributed by atoms with van der Waals surface area (Å²) >= 11 is 9.17. The van der Waals surface area contributed by atoms with E-state index < -0.39 is 0 Å². The number of aryl methyl sites for hydroxylation is 1. The number of hydrogen-bond acceptors (Lipinski definition) is 6. The van der Waals surface area contributed by atoms with Crippen LogP contribution in [0.15, 0.2) is 35.6 Å². The molecule has 0 fully saturated rings. The molecule has 0 atom stereocenters. The average Bonchev–Trinajstić information content (AvgIpc) is 2.96. The predicted octanol–water partition coefficient (Wildman–Crippen LogP) is 4.78. The first kappa shape index (κ1) is 18.0. The highest BCUT2D eigenvalue weighted by atomic mass is 35.5. The highest BCUT2D eigenvalue weighted by Crippen LogP contribution is 2.31. The summed E-state index contributed by atoms with van der Waals surface area (Å²) in [5, 5.41) is 5.33. The first-order valence-electron chi connectivity index (χ1n) is 7.54. The number of benzene rings is 1. The third-order valence-electron chi connectivity index (χ3n) is 3.42. The van der Waals surface area contributed by atoms with Crippen LogP contribution in [-0.2, 0) is 4.79 Å². The van der Waals surface area contributed by atoms with Crippen LogP contribution in [0.3, 0.4) is 0 Å². The van der Waals surface area contributed by atoms with Crippen LogP contribution in [0.5, 0.6) is 5.75 Å². The lowest BCUT2D eigenvalue weighted by Crippen LogP contribution is -2.13. The summed E-state index contributed by atoms with van der Waals surface area (Å²) in [6, 6.07) is 7.20. The zero-order valence-electron chi connectivity index (χ0n) is 13.7. The fourth-order valence-corrected chi connectivity index (χ4v) is 4.30. The lowest BCUT2D eigenvalue weighted by Gasteiger charge is -2.10. The Morgan fingerprint density at radius 1 is 1.36 bits per heavy atom. The van der Waals surface area contributed by atoms with Crippen molar-refractivity contribution in [1.82, 2.24) is 9.97 Å². The number of amides is 1. The van der Waals surface area contributed by atoms with Gasteiger partial charge in [0.2, 0.25) is 5.91 Å². The van der Waals surface area contributed by atoms with Crippen LogP contribution < -0.4 is 10.1 Å². The van der Waals surface area contributed by atoms with E-state index in [-0.39, 0.29) is 5.91 Å². The van der Waals surface area contributed by atoms with Crippen molar-refractivity contribution >= 4 is 56.5 Å². The van der Waals surface area contributed by atoms with Gasteiger partial charge in [-0.2, -0.15) is 0 Å². The molecule has 3 aromatic rings. The first-order valence-corrected chi connectivity index (χ1v) is 9.72. The van der Waals surface area contributed by atoms with Gasteiger partial charge in [-0.15, -0.1) is 23.1 Å². The van der Waals surface area contributed by atoms with Gasteiger partial charge < -0.3 is 10.1 Å². The van der Waals surface area contributed by atoms with Crippen LogP contribution in [0, 0.1) is 6.92 Å². The number of nitrogens with zero attached hydrogens (tertiary/aromatic N) is 2. The van der Waals surface area contributed by atoms with Crippen molar-refractivity contribution in [3.8, 4) is 5.75 Å². The number of carbonyl (C=O) groups excluding carboxylic acids is 1. The van der Waals surface area contributed by atoms with E-state index in [0.29, 0.717) is 28.6 Å². The number of carbonyl (C=O) groups is 1. The molecular formula is C17H16ClN3O2S2. The Kier molecular flexibility index (Phi) is 5.78. The minimum atomic E-state index is -0.0973. The molecule has 25 heavy (non-hydrogen) atoms. The molecule has 1 aromatic carbocycles. The van der Waals surface area contributed by atoms with E-state index in [1.54, 1.807) is 54.7 Å². The number of thiophene rings is 1. The number of anilines is 1. The number of nitrogens with one attached hydrogen (secondary N) is 1. The number of halogens is 1. The molecule has 2 heterocycles. The maximum Gasteiger partial charge on any atom is 0.225 e. The predicted molar refractivity (Wildman–Crippen MR) is 104 cm³/mol. The van der Waals surface area contributed by atoms with Gasteiger partial charge in [0.15, 0.2) is 0 Å². The first-order chi connectivity index (χ1) is 12.1. The molecule has 8 heteroatoms. The van der Waals surface area contributed by atoms with Crippen molar-refractivity contribution in [2.45, 2.75) is 18.4 Å². The molecular weight excluding hydrogens is 378 g/mol. The van der Waals surface area contributed by atoms with E-state index in [0.717, 1.165) is 15.2 Å². The molecule has 0 aliphatic heterocycles. The van der Waals surface area contributed by atoms with E-state index in [1.165, 1.54) is 4.88 Å². The molecule has 0 unspecified atom stereocenters. The number of hydrogen-bond donors (Lipinski definition) is 1. The summed E-state index contributed by atoms with van der Waals surface area (Å²) in [5.74, 6) is 1.10. The summed E-state index contributed by atoms with van der Waals surface area (Å²) in [7, 11) is 1.55. The number of thioether (sulfide) groups is 1. The van der Waals surface area contributed by atoms with Crippen LogP contribution in [0.25, 0.3) is 10.2 Å². The highest BCUT2D eigenvalue weighted by Gasteiger charge is 2.11. The Hall–Kier alpha value is -1.83. The third kappa shape index (κ3) is 4.42. The summed E-state index contributed by atoms with van der Waals surface area (Å²) in [5.41, 5.74) is 0.572. The van der Waals surface area contributed by atoms with Crippen LogP contribution in [-0.4, -0.2) is 28.7 Å². The summed E-state index contributed by atoms with van der Waals surface area (Å²) in [6.45, 7) is 2.05. The fraction of sp³-hybridized carbons (Fsp3) is 0.235. The number of rotatable bonds is 6. The quantitative estimate of drug-likeness (QED) is 0.482. The van der Waals surface area contributed by atoms with E-state index in [9.17, 15) is 4.79 Å². The Labute approximate surface area is 158 Å². The molecule has 1 amide bonds. The topological polar surface area (TPSA) is 64.1 Å². The van der Waals surface area contributed by atoms with Crippen LogP contribution in [0.4, 0.5) is 5.69 Å². The second-order valence-electron chi connectivity index (χ2n) is 5.25. The minimum Gasteiger partial charge on any atom is -0.495 e. The SMILES string of the molecule is COc1ccc(Cl)cc1NC(=O)CCSc1ncnc2sc(C)cc12. The van der Waals surface area contributed by atoms with Crippen molar-refractivity contribution in [3.63, 3.8) is 0 Å². The molecule has 0 saturated carbocycles. The maximum absolute atomic E-state index is 12.2. The Morgan fingerprint density at radius 3 is 3.00 bits per heavy atom. The van der Waals surface area contributed by atoms with Crippen molar-refractivity contribution in [2.75, 3.05) is 18.2 Å². The lowest BCUT2D eigenvalue weighted by atomic mass is 10.3. The van der Waals surface area contributed by atoms with Crippen molar-refractivity contribution in [2.24, 2.45) is 0 Å². The number of fused-ring (bicyclic) bond motifs is 1. The molecule has 0 bridgehead atoms. The number of ether oxygens (including phenoxy) is 1. The minimum absolute atomic E-state index is 0.0973. The van der Waals surface area contributed by atoms with Crippen molar-refractivity contribution < 1.29 is 9.53 Å². The van der Waals surface area contributed by atoms with Gasteiger partial charge in [0.25, 0.3) is 0 Å². The Morgan fingerprint density at radius 2 is 2.20 bits per heavy atom. The summed E-state index contributed by atoms with van der Waals surface area (Å²) < 4.78 is 5.23. The van der Waals surface area contributed by atoms with Gasteiger partial charge in [0, 0.05) is 27.5 Å². The van der Waals surface area contributed by atoms with Crippen molar-refractivity contribution in [1.29, 1.82) is 0 Å². The lowest BCUT2D eigenvalue weighted by molar-refractivity contribution is -0.115. The standard InChI is InChI=1S/C17H16ClN3O2S2/c1-10-7-12-16(19-9-20-17(12)25-10)24-6-5-15(22)21-13-8-11(18)3-4-14(13)23-2/h3-4,7-9H,5-6H2,1-2H3,(H,21,22). The van der Waals surface area contributed by atoms with E-state index in [1.807, 2.05) is 6.92 Å². The molecule has 0 saturated heterocycles. The van der Waals surface area contributed by atoms with E-state index >= 15 is 0 Å². The number of methoxy groups -OCH3 is 1. The zero-order valence-corrected chi connectivity index (χ0v) is 16.1. The Bertz CT molecular complexity index is 914. The molecule has 3 rings (SSSR count). The van der Waals surface area contributed by atoms with Gasteiger partial charge in [-0.1, -0.05) is 11.6 Å². The van der Waals surface area contributed by atoms with Gasteiger partial charge in [-0.05, 0) is 31.2 Å². The normalized spacial score (nSPS) is 10.8. The van der Waals surface area contributed by atoms with Gasteiger partial charge in [0.1, 0.15) is 21.9 Å². The summed E-state index contributed by atoms with van der Waals surface area (Å²) in [6.07, 6.45) is 1.92. The largest absolute Gasteiger partial charge is 0.495 e. The van der Waals surface area contributed by atoms with Gasteiger partial charge >= 0.3 is 0 Å². The average molecular weight is 394 g/mol. The van der Waals surface area contributed by atoms with Crippen molar-refractivity contribution in [3.05, 3.63) is 40.5 Å². The summed E-state index contributed by atoms with van der Waals surface area (Å²) in [4.78, 5) is 23.0. The van der Waals surface area contributed by atoms with E-state index in [2.05, 4.69) is 21.4 Å². The smallest absolute Gasteiger partial charge is 0.225 e. The highest BCUT2D eigenvalue weighted by molar-refractivity contribution is 7.99. The second-order valence-corrected chi connectivity index (χ2v) is 8.00. The third-order valence-corrected chi connectivity index (χ3v) is 5.62. The molecule has 1 N–H and O–H groups in total. The second kappa shape index (κ2) is 8.03. The fourth-order valence-electron chi connectivity index (χ4n) is 2.30. The van der Waals surface area contributed by atoms with Gasteiger partial charge in [0.05, 0.1) is 12.8 Å². The number of aromatic nitrogens is 2. The Balaban J connectivity index is 1.60. The molecule has 130 valence electrons. The molecule has 5 nitrogen and oxygen atoms in total. The van der Waals surface area contributed by atoms with Crippen LogP contribution >= 0.6 is 34.7 Å². The van der Waals surface area contributed by atoms with Crippen LogP contribution in [0.2, 0.25) is 5.02 Å². The van der Waals surface area contributed by atoms with Gasteiger partial charge in [-0.25, -0.2) is 9.97 Å². The zero-order chi connectivity index (χ0) is 17.8. The monoisotopic (exact) mass is 393 g/mol. The molecule has 0 spiro atoms. The molecule has 0 aliphatic carbocycles. The molecule has 2 aromatic heterocycles. The van der Waals surface area contributed by atoms with E-state index in [4.69, 9.17) is 16.3 Å². The maximum atomic E-state index is 12.2. The molecule has 0 aliphatic rings. The molecule has 0 radical (unpaired) electrons. The van der Waals surface area contributed by atoms with Gasteiger partial charge in [-0.3, -0.25) is 4.79 Å². The van der Waals surface area contributed by atoms with Crippen LogP contribution in [0.1, 0.15) is 11.3 Å².